The first-order valence-corrected chi connectivity index (χ1v) is 8.41. The Morgan fingerprint density at radius 1 is 1.11 bits per heavy atom. The summed E-state index contributed by atoms with van der Waals surface area (Å²) in [4.78, 5) is 24.9. The zero-order chi connectivity index (χ0) is 19.4. The number of nitrogens with one attached hydrogen (secondary N) is 2. The average Bonchev–Trinajstić information content (AvgIpc) is 2.69. The predicted molar refractivity (Wildman–Crippen MR) is 103 cm³/mol. The van der Waals surface area contributed by atoms with E-state index in [1.165, 1.54) is 12.1 Å². The summed E-state index contributed by atoms with van der Waals surface area (Å²) in [7, 11) is 3.07. The maximum absolute atomic E-state index is 12.7. The number of methoxy groups -OCH3 is 2. The molecule has 2 N–H and O–H groups in total. The molecule has 0 saturated carbocycles. The molecule has 0 radical (unpaired) electrons. The number of aryl methyl sites for hydroxylation is 1. The van der Waals surface area contributed by atoms with Gasteiger partial charge in [0.05, 0.1) is 25.6 Å². The molecule has 0 fully saturated rings. The topological polar surface area (TPSA) is 79.9 Å². The third-order valence-corrected chi connectivity index (χ3v) is 4.16. The summed E-state index contributed by atoms with van der Waals surface area (Å²) in [6.45, 7) is 1.97. The van der Waals surface area contributed by atoms with Gasteiger partial charge in [0.1, 0.15) is 17.2 Å². The predicted octanol–water partition coefficient (Wildman–Crippen LogP) is 2.78. The molecular formula is C20H21N3O4. The molecule has 7 nitrogen and oxygen atoms in total. The minimum atomic E-state index is -0.372. The monoisotopic (exact) mass is 367 g/mol. The molecule has 0 unspecified atom stereocenters. The number of ether oxygens (including phenoxy) is 2. The highest BCUT2D eigenvalue weighted by Gasteiger charge is 2.24. The van der Waals surface area contributed by atoms with Crippen LogP contribution in [0.1, 0.15) is 12.0 Å². The molecule has 7 heteroatoms. The van der Waals surface area contributed by atoms with Crippen molar-refractivity contribution in [1.29, 1.82) is 0 Å². The van der Waals surface area contributed by atoms with Gasteiger partial charge in [-0.1, -0.05) is 17.7 Å². The molecule has 1 heterocycles. The summed E-state index contributed by atoms with van der Waals surface area (Å²) in [6.07, 6.45) is 1.70. The van der Waals surface area contributed by atoms with E-state index < -0.39 is 0 Å². The summed E-state index contributed by atoms with van der Waals surface area (Å²) in [6, 6.07) is 12.6. The van der Waals surface area contributed by atoms with E-state index in [1.807, 2.05) is 31.2 Å². The Hall–Kier alpha value is -3.48. The Balaban J connectivity index is 1.77. The van der Waals surface area contributed by atoms with Crippen LogP contribution in [0, 0.1) is 6.92 Å². The van der Waals surface area contributed by atoms with Crippen molar-refractivity contribution in [2.75, 3.05) is 24.5 Å². The first-order chi connectivity index (χ1) is 13.0. The molecular weight excluding hydrogens is 346 g/mol. The van der Waals surface area contributed by atoms with Crippen LogP contribution in [0.4, 0.5) is 11.4 Å². The molecule has 0 aliphatic carbocycles. The summed E-state index contributed by atoms with van der Waals surface area (Å²) >= 11 is 0. The van der Waals surface area contributed by atoms with Gasteiger partial charge in [-0.3, -0.25) is 15.0 Å². The van der Waals surface area contributed by atoms with Gasteiger partial charge >= 0.3 is 0 Å². The van der Waals surface area contributed by atoms with Crippen molar-refractivity contribution < 1.29 is 19.1 Å². The molecule has 0 aromatic heterocycles. The zero-order valence-electron chi connectivity index (χ0n) is 15.4. The van der Waals surface area contributed by atoms with Crippen molar-refractivity contribution in [3.05, 3.63) is 59.8 Å². The molecule has 1 aliphatic rings. The lowest BCUT2D eigenvalue weighted by atomic mass is 10.2. The Labute approximate surface area is 157 Å². The Morgan fingerprint density at radius 3 is 2.52 bits per heavy atom. The first-order valence-electron chi connectivity index (χ1n) is 8.41. The van der Waals surface area contributed by atoms with Gasteiger partial charge < -0.3 is 14.8 Å². The van der Waals surface area contributed by atoms with Gasteiger partial charge in [0.15, 0.2) is 0 Å². The number of rotatable bonds is 5. The Morgan fingerprint density at radius 2 is 1.85 bits per heavy atom. The van der Waals surface area contributed by atoms with E-state index >= 15 is 0 Å². The van der Waals surface area contributed by atoms with Gasteiger partial charge in [-0.05, 0) is 37.3 Å². The molecule has 0 spiro atoms. The molecule has 0 atom stereocenters. The Bertz CT molecular complexity index is 891. The minimum absolute atomic E-state index is 0.128. The van der Waals surface area contributed by atoms with Crippen LogP contribution in [0.2, 0.25) is 0 Å². The van der Waals surface area contributed by atoms with Crippen molar-refractivity contribution in [2.24, 2.45) is 0 Å². The SMILES string of the molecule is COc1ccc(NC(=O)C2=CCC(=O)N(c3ccc(C)cc3)N2)c(OC)c1. The van der Waals surface area contributed by atoms with Gasteiger partial charge in [-0.25, -0.2) is 5.01 Å². The van der Waals surface area contributed by atoms with Crippen molar-refractivity contribution in [3.63, 3.8) is 0 Å². The Kier molecular flexibility index (Phi) is 5.30. The van der Waals surface area contributed by atoms with E-state index in [0.717, 1.165) is 5.56 Å². The van der Waals surface area contributed by atoms with Crippen molar-refractivity contribution >= 4 is 23.2 Å². The minimum Gasteiger partial charge on any atom is -0.497 e. The summed E-state index contributed by atoms with van der Waals surface area (Å²) in [5.41, 5.74) is 5.43. The van der Waals surface area contributed by atoms with Crippen LogP contribution in [0.25, 0.3) is 0 Å². The fourth-order valence-corrected chi connectivity index (χ4v) is 2.65. The van der Waals surface area contributed by atoms with Crippen molar-refractivity contribution in [1.82, 2.24) is 5.43 Å². The van der Waals surface area contributed by atoms with Crippen LogP contribution in [0.15, 0.2) is 54.2 Å². The number of benzene rings is 2. The van der Waals surface area contributed by atoms with Crippen molar-refractivity contribution in [2.45, 2.75) is 13.3 Å². The molecule has 2 aromatic carbocycles. The summed E-state index contributed by atoms with van der Waals surface area (Å²) in [5, 5.41) is 4.16. The number of amides is 2. The van der Waals surface area contributed by atoms with Crippen LogP contribution < -0.4 is 25.2 Å². The fraction of sp³-hybridized carbons (Fsp3) is 0.200. The number of carbonyl (C=O) groups is 2. The number of hydrogen-bond donors (Lipinski definition) is 2. The molecule has 27 heavy (non-hydrogen) atoms. The second-order valence-electron chi connectivity index (χ2n) is 6.02. The number of carbonyl (C=O) groups excluding carboxylic acids is 2. The summed E-state index contributed by atoms with van der Waals surface area (Å²) < 4.78 is 10.5. The lowest BCUT2D eigenvalue weighted by Gasteiger charge is -2.28. The quantitative estimate of drug-likeness (QED) is 0.849. The maximum atomic E-state index is 12.7. The first kappa shape index (κ1) is 18.3. The van der Waals surface area contributed by atoms with Gasteiger partial charge in [0.25, 0.3) is 5.91 Å². The number of hydrogen-bond acceptors (Lipinski definition) is 5. The second kappa shape index (κ2) is 7.82. The van der Waals surface area contributed by atoms with Crippen LogP contribution in [-0.4, -0.2) is 26.0 Å². The van der Waals surface area contributed by atoms with Crippen LogP contribution in [0.5, 0.6) is 11.5 Å². The highest BCUT2D eigenvalue weighted by molar-refractivity contribution is 6.07. The van der Waals surface area contributed by atoms with E-state index in [4.69, 9.17) is 9.47 Å². The smallest absolute Gasteiger partial charge is 0.273 e. The van der Waals surface area contributed by atoms with Crippen molar-refractivity contribution in [3.8, 4) is 11.5 Å². The molecule has 2 aromatic rings. The standard InChI is InChI=1S/C20H21N3O4/c1-13-4-6-14(7-5-13)23-19(24)11-10-17(22-23)20(25)21-16-9-8-15(26-2)12-18(16)27-3/h4-10,12,22H,11H2,1-3H3,(H,21,25). The van der Waals surface area contributed by atoms with Crippen LogP contribution >= 0.6 is 0 Å². The van der Waals surface area contributed by atoms with E-state index in [0.29, 0.717) is 22.9 Å². The van der Waals surface area contributed by atoms with E-state index in [-0.39, 0.29) is 23.9 Å². The van der Waals surface area contributed by atoms with Crippen LogP contribution in [0.3, 0.4) is 0 Å². The molecule has 0 saturated heterocycles. The average molecular weight is 367 g/mol. The number of anilines is 2. The van der Waals surface area contributed by atoms with Gasteiger partial charge in [-0.15, -0.1) is 0 Å². The highest BCUT2D eigenvalue weighted by atomic mass is 16.5. The van der Waals surface area contributed by atoms with Gasteiger partial charge in [-0.2, -0.15) is 0 Å². The summed E-state index contributed by atoms with van der Waals surface area (Å²) in [5.74, 6) is 0.585. The normalized spacial score (nSPS) is 13.5. The lowest BCUT2D eigenvalue weighted by Crippen LogP contribution is -2.47. The number of nitrogens with zero attached hydrogens (tertiary/aromatic N) is 1. The molecule has 140 valence electrons. The third kappa shape index (κ3) is 4.03. The van der Waals surface area contributed by atoms with E-state index in [9.17, 15) is 9.59 Å². The maximum Gasteiger partial charge on any atom is 0.273 e. The van der Waals surface area contributed by atoms with E-state index in [1.54, 1.807) is 31.4 Å². The third-order valence-electron chi connectivity index (χ3n) is 4.16. The van der Waals surface area contributed by atoms with Gasteiger partial charge in [0.2, 0.25) is 5.91 Å². The zero-order valence-corrected chi connectivity index (χ0v) is 15.4. The molecule has 1 aliphatic heterocycles. The molecule has 2 amide bonds. The molecule has 3 rings (SSSR count). The highest BCUT2D eigenvalue weighted by Crippen LogP contribution is 2.29. The second-order valence-corrected chi connectivity index (χ2v) is 6.02. The molecule has 0 bridgehead atoms. The largest absolute Gasteiger partial charge is 0.497 e. The van der Waals surface area contributed by atoms with Crippen LogP contribution in [-0.2, 0) is 9.59 Å². The fourth-order valence-electron chi connectivity index (χ4n) is 2.65. The number of hydrazine groups is 1. The van der Waals surface area contributed by atoms with E-state index in [2.05, 4.69) is 10.7 Å². The lowest BCUT2D eigenvalue weighted by molar-refractivity contribution is -0.119. The van der Waals surface area contributed by atoms with Gasteiger partial charge in [0, 0.05) is 12.5 Å².